The highest BCUT2D eigenvalue weighted by Gasteiger charge is 2.24. The number of benzene rings is 1. The van der Waals surface area contributed by atoms with Gasteiger partial charge in [-0.15, -0.1) is 0 Å². The van der Waals surface area contributed by atoms with Crippen LogP contribution in [-0.2, 0) is 11.2 Å². The molecule has 1 heterocycles. The van der Waals surface area contributed by atoms with E-state index in [0.717, 1.165) is 36.9 Å². The standard InChI is InChI=1S/C16H23FN2O/c1-11-9-15(17)4-3-13(11)5-8-19-16(20)14-6-7-18-12(2)10-14/h3-4,9,12,14,18H,5-8,10H2,1-2H3,(H,19,20)/t12-,14-/m0/s1. The Hall–Kier alpha value is -1.42. The lowest BCUT2D eigenvalue weighted by Crippen LogP contribution is -2.42. The third-order valence-electron chi connectivity index (χ3n) is 3.99. The van der Waals surface area contributed by atoms with Gasteiger partial charge in [0.15, 0.2) is 0 Å². The molecule has 0 radical (unpaired) electrons. The molecule has 110 valence electrons. The highest BCUT2D eigenvalue weighted by Crippen LogP contribution is 2.16. The Labute approximate surface area is 120 Å². The van der Waals surface area contributed by atoms with Crippen LogP contribution in [0.5, 0.6) is 0 Å². The van der Waals surface area contributed by atoms with Crippen molar-refractivity contribution in [2.24, 2.45) is 5.92 Å². The summed E-state index contributed by atoms with van der Waals surface area (Å²) >= 11 is 0. The van der Waals surface area contributed by atoms with Gasteiger partial charge in [0.2, 0.25) is 5.91 Å². The molecule has 1 aromatic carbocycles. The van der Waals surface area contributed by atoms with E-state index in [1.165, 1.54) is 12.1 Å². The number of hydrogen-bond acceptors (Lipinski definition) is 2. The Kier molecular flexibility index (Phi) is 5.12. The number of nitrogens with one attached hydrogen (secondary N) is 2. The van der Waals surface area contributed by atoms with E-state index in [9.17, 15) is 9.18 Å². The lowest BCUT2D eigenvalue weighted by molar-refractivity contribution is -0.126. The second kappa shape index (κ2) is 6.84. The summed E-state index contributed by atoms with van der Waals surface area (Å²) < 4.78 is 13.0. The van der Waals surface area contributed by atoms with Crippen molar-refractivity contribution in [3.63, 3.8) is 0 Å². The number of carbonyl (C=O) groups excluding carboxylic acids is 1. The normalized spacial score (nSPS) is 22.6. The van der Waals surface area contributed by atoms with Gasteiger partial charge in [0, 0.05) is 18.5 Å². The summed E-state index contributed by atoms with van der Waals surface area (Å²) in [6.45, 7) is 5.54. The molecule has 0 aromatic heterocycles. The molecule has 1 aliphatic heterocycles. The quantitative estimate of drug-likeness (QED) is 0.886. The summed E-state index contributed by atoms with van der Waals surface area (Å²) in [7, 11) is 0. The molecule has 20 heavy (non-hydrogen) atoms. The van der Waals surface area contributed by atoms with Crippen LogP contribution in [0.15, 0.2) is 18.2 Å². The van der Waals surface area contributed by atoms with Gasteiger partial charge in [0.05, 0.1) is 0 Å². The van der Waals surface area contributed by atoms with Crippen LogP contribution in [0.2, 0.25) is 0 Å². The first-order valence-corrected chi connectivity index (χ1v) is 7.32. The van der Waals surface area contributed by atoms with E-state index in [2.05, 4.69) is 17.6 Å². The molecular weight excluding hydrogens is 255 g/mol. The molecule has 0 aliphatic carbocycles. The third-order valence-corrected chi connectivity index (χ3v) is 3.99. The van der Waals surface area contributed by atoms with Crippen LogP contribution < -0.4 is 10.6 Å². The highest BCUT2D eigenvalue weighted by atomic mass is 19.1. The van der Waals surface area contributed by atoms with Gasteiger partial charge >= 0.3 is 0 Å². The van der Waals surface area contributed by atoms with Gasteiger partial charge in [0.1, 0.15) is 5.82 Å². The number of halogens is 1. The summed E-state index contributed by atoms with van der Waals surface area (Å²) in [6.07, 6.45) is 2.56. The fourth-order valence-corrected chi connectivity index (χ4v) is 2.77. The maximum Gasteiger partial charge on any atom is 0.223 e. The van der Waals surface area contributed by atoms with Crippen LogP contribution in [0, 0.1) is 18.7 Å². The van der Waals surface area contributed by atoms with Gasteiger partial charge in [-0.25, -0.2) is 4.39 Å². The van der Waals surface area contributed by atoms with Gasteiger partial charge in [-0.1, -0.05) is 6.07 Å². The first kappa shape index (κ1) is 15.0. The fourth-order valence-electron chi connectivity index (χ4n) is 2.77. The first-order chi connectivity index (χ1) is 9.56. The molecule has 0 saturated carbocycles. The van der Waals surface area contributed by atoms with E-state index in [-0.39, 0.29) is 17.6 Å². The second-order valence-corrected chi connectivity index (χ2v) is 5.69. The van der Waals surface area contributed by atoms with Crippen molar-refractivity contribution >= 4 is 5.91 Å². The molecule has 4 heteroatoms. The Morgan fingerprint density at radius 2 is 2.30 bits per heavy atom. The lowest BCUT2D eigenvalue weighted by atomic mass is 9.92. The molecule has 3 nitrogen and oxygen atoms in total. The van der Waals surface area contributed by atoms with Crippen molar-refractivity contribution in [3.05, 3.63) is 35.1 Å². The molecule has 0 bridgehead atoms. The topological polar surface area (TPSA) is 41.1 Å². The minimum atomic E-state index is -0.209. The van der Waals surface area contributed by atoms with E-state index in [4.69, 9.17) is 0 Å². The maximum absolute atomic E-state index is 13.0. The molecule has 2 N–H and O–H groups in total. The van der Waals surface area contributed by atoms with E-state index in [1.807, 2.05) is 6.92 Å². The highest BCUT2D eigenvalue weighted by molar-refractivity contribution is 5.78. The zero-order valence-corrected chi connectivity index (χ0v) is 12.2. The number of aryl methyl sites for hydroxylation is 1. The summed E-state index contributed by atoms with van der Waals surface area (Å²) in [5.74, 6) is 0.0673. The average Bonchev–Trinajstić information content (AvgIpc) is 2.41. The van der Waals surface area contributed by atoms with Crippen LogP contribution in [0.25, 0.3) is 0 Å². The Balaban J connectivity index is 1.79. The van der Waals surface area contributed by atoms with Crippen LogP contribution in [-0.4, -0.2) is 25.0 Å². The molecule has 2 rings (SSSR count). The number of amides is 1. The minimum Gasteiger partial charge on any atom is -0.356 e. The Morgan fingerprint density at radius 3 is 3.00 bits per heavy atom. The zero-order valence-electron chi connectivity index (χ0n) is 12.2. The zero-order chi connectivity index (χ0) is 14.5. The molecule has 0 unspecified atom stereocenters. The SMILES string of the molecule is Cc1cc(F)ccc1CCNC(=O)[C@H]1CCN[C@@H](C)C1. The van der Waals surface area contributed by atoms with E-state index in [0.29, 0.717) is 12.6 Å². The second-order valence-electron chi connectivity index (χ2n) is 5.69. The van der Waals surface area contributed by atoms with Gasteiger partial charge in [-0.3, -0.25) is 4.79 Å². The third kappa shape index (κ3) is 4.04. The molecule has 1 amide bonds. The van der Waals surface area contributed by atoms with Crippen LogP contribution >= 0.6 is 0 Å². The summed E-state index contributed by atoms with van der Waals surface area (Å²) in [5.41, 5.74) is 2.03. The van der Waals surface area contributed by atoms with Crippen molar-refractivity contribution in [2.75, 3.05) is 13.1 Å². The van der Waals surface area contributed by atoms with Crippen LogP contribution in [0.1, 0.15) is 30.9 Å². The van der Waals surface area contributed by atoms with Crippen LogP contribution in [0.4, 0.5) is 4.39 Å². The largest absolute Gasteiger partial charge is 0.356 e. The van der Waals surface area contributed by atoms with Crippen molar-refractivity contribution in [2.45, 2.75) is 39.2 Å². The van der Waals surface area contributed by atoms with E-state index < -0.39 is 0 Å². The monoisotopic (exact) mass is 278 g/mol. The van der Waals surface area contributed by atoms with E-state index >= 15 is 0 Å². The molecule has 2 atom stereocenters. The van der Waals surface area contributed by atoms with Crippen molar-refractivity contribution in [3.8, 4) is 0 Å². The van der Waals surface area contributed by atoms with E-state index in [1.54, 1.807) is 6.07 Å². The number of hydrogen-bond donors (Lipinski definition) is 2. The summed E-state index contributed by atoms with van der Waals surface area (Å²) in [4.78, 5) is 12.1. The first-order valence-electron chi connectivity index (χ1n) is 7.32. The van der Waals surface area contributed by atoms with Gasteiger partial charge in [-0.05, 0) is 62.9 Å². The summed E-state index contributed by atoms with van der Waals surface area (Å²) in [5, 5.41) is 6.35. The van der Waals surface area contributed by atoms with Gasteiger partial charge < -0.3 is 10.6 Å². The molecular formula is C16H23FN2O. The van der Waals surface area contributed by atoms with Crippen molar-refractivity contribution in [1.29, 1.82) is 0 Å². The summed E-state index contributed by atoms with van der Waals surface area (Å²) in [6, 6.07) is 5.21. The Morgan fingerprint density at radius 1 is 1.50 bits per heavy atom. The van der Waals surface area contributed by atoms with Crippen LogP contribution in [0.3, 0.4) is 0 Å². The smallest absolute Gasteiger partial charge is 0.223 e. The fraction of sp³-hybridized carbons (Fsp3) is 0.562. The Bertz CT molecular complexity index is 476. The molecule has 0 spiro atoms. The molecule has 1 fully saturated rings. The number of rotatable bonds is 4. The maximum atomic E-state index is 13.0. The molecule has 1 aromatic rings. The molecule has 1 saturated heterocycles. The predicted octanol–water partition coefficient (Wildman–Crippen LogP) is 2.18. The van der Waals surface area contributed by atoms with Crippen molar-refractivity contribution < 1.29 is 9.18 Å². The molecule has 1 aliphatic rings. The van der Waals surface area contributed by atoms with Gasteiger partial charge in [-0.2, -0.15) is 0 Å². The minimum absolute atomic E-state index is 0.126. The van der Waals surface area contributed by atoms with Crippen molar-refractivity contribution in [1.82, 2.24) is 10.6 Å². The number of carbonyl (C=O) groups is 1. The number of piperidine rings is 1. The van der Waals surface area contributed by atoms with Gasteiger partial charge in [0.25, 0.3) is 0 Å². The predicted molar refractivity (Wildman–Crippen MR) is 78.0 cm³/mol. The average molecular weight is 278 g/mol. The lowest BCUT2D eigenvalue weighted by Gasteiger charge is -2.27.